The van der Waals surface area contributed by atoms with Gasteiger partial charge in [0.15, 0.2) is 0 Å². The Kier molecular flexibility index (Phi) is 4.96. The van der Waals surface area contributed by atoms with Crippen LogP contribution in [0.15, 0.2) is 22.7 Å². The van der Waals surface area contributed by atoms with E-state index in [9.17, 15) is 13.2 Å². The van der Waals surface area contributed by atoms with Gasteiger partial charge in [-0.2, -0.15) is 13.2 Å². The molecule has 112 valence electrons. The highest BCUT2D eigenvalue weighted by molar-refractivity contribution is 9.10. The lowest BCUT2D eigenvalue weighted by atomic mass is 10.1. The summed E-state index contributed by atoms with van der Waals surface area (Å²) in [6.45, 7) is 2.01. The second kappa shape index (κ2) is 6.35. The Morgan fingerprint density at radius 1 is 1.25 bits per heavy atom. The third-order valence-corrected chi connectivity index (χ3v) is 4.30. The number of benzene rings is 1. The van der Waals surface area contributed by atoms with Crippen LogP contribution in [0.4, 0.5) is 18.9 Å². The third-order valence-electron chi connectivity index (χ3n) is 3.61. The lowest BCUT2D eigenvalue weighted by Gasteiger charge is -2.20. The molecule has 0 amide bonds. The van der Waals surface area contributed by atoms with Crippen LogP contribution in [-0.2, 0) is 6.18 Å². The van der Waals surface area contributed by atoms with E-state index in [-0.39, 0.29) is 6.04 Å². The fraction of sp³-hybridized carbons (Fsp3) is 0.571. The van der Waals surface area contributed by atoms with Crippen LogP contribution >= 0.6 is 15.9 Å². The molecule has 0 aromatic heterocycles. The Hall–Kier alpha value is -0.750. The topological polar surface area (TPSA) is 15.3 Å². The summed E-state index contributed by atoms with van der Waals surface area (Å²) in [6, 6.07) is 3.95. The summed E-state index contributed by atoms with van der Waals surface area (Å²) in [5.41, 5.74) is -0.0941. The molecule has 20 heavy (non-hydrogen) atoms. The molecule has 2 nitrogen and oxygen atoms in total. The van der Waals surface area contributed by atoms with Gasteiger partial charge in [-0.3, -0.25) is 0 Å². The number of rotatable bonds is 2. The zero-order valence-electron chi connectivity index (χ0n) is 11.3. The van der Waals surface area contributed by atoms with Crippen molar-refractivity contribution >= 4 is 21.6 Å². The molecular formula is C14H18BrF3N2. The number of hydrogen-bond acceptors (Lipinski definition) is 2. The van der Waals surface area contributed by atoms with Gasteiger partial charge in [-0.25, -0.2) is 0 Å². The monoisotopic (exact) mass is 350 g/mol. The van der Waals surface area contributed by atoms with E-state index in [4.69, 9.17) is 0 Å². The minimum Gasteiger partial charge on any atom is -0.381 e. The molecule has 0 saturated carbocycles. The molecule has 1 aromatic carbocycles. The summed E-state index contributed by atoms with van der Waals surface area (Å²) in [5, 5.41) is 3.25. The smallest absolute Gasteiger partial charge is 0.381 e. The van der Waals surface area contributed by atoms with Gasteiger partial charge >= 0.3 is 6.18 Å². The second-order valence-corrected chi connectivity index (χ2v) is 6.12. The Morgan fingerprint density at radius 2 is 2.00 bits per heavy atom. The van der Waals surface area contributed by atoms with Crippen LogP contribution in [0, 0.1) is 0 Å². The van der Waals surface area contributed by atoms with Crippen LogP contribution in [0.2, 0.25) is 0 Å². The van der Waals surface area contributed by atoms with Gasteiger partial charge in [-0.15, -0.1) is 0 Å². The van der Waals surface area contributed by atoms with E-state index in [1.54, 1.807) is 0 Å². The van der Waals surface area contributed by atoms with Crippen molar-refractivity contribution in [3.05, 3.63) is 28.2 Å². The molecule has 0 radical (unpaired) electrons. The van der Waals surface area contributed by atoms with Gasteiger partial charge < -0.3 is 10.2 Å². The third kappa shape index (κ3) is 4.12. The lowest BCUT2D eigenvalue weighted by molar-refractivity contribution is -0.137. The number of nitrogens with zero attached hydrogens (tertiary/aromatic N) is 1. The van der Waals surface area contributed by atoms with Crippen LogP contribution in [0.25, 0.3) is 0 Å². The summed E-state index contributed by atoms with van der Waals surface area (Å²) in [6.07, 6.45) is -1.32. The Labute approximate surface area is 125 Å². The van der Waals surface area contributed by atoms with E-state index in [1.165, 1.54) is 12.1 Å². The molecule has 1 saturated heterocycles. The largest absolute Gasteiger partial charge is 0.416 e. The van der Waals surface area contributed by atoms with Crippen LogP contribution < -0.4 is 5.32 Å². The summed E-state index contributed by atoms with van der Waals surface area (Å²) in [4.78, 5) is 2.25. The molecule has 1 unspecified atom stereocenters. The van der Waals surface area contributed by atoms with Gasteiger partial charge in [0.2, 0.25) is 0 Å². The zero-order valence-corrected chi connectivity index (χ0v) is 12.9. The fourth-order valence-corrected chi connectivity index (χ4v) is 2.78. The number of likely N-dealkylation sites (tertiary alicyclic amines) is 1. The first-order valence-electron chi connectivity index (χ1n) is 6.68. The quantitative estimate of drug-likeness (QED) is 0.852. The summed E-state index contributed by atoms with van der Waals surface area (Å²) >= 11 is 3.32. The summed E-state index contributed by atoms with van der Waals surface area (Å²) in [7, 11) is 2.07. The average Bonchev–Trinajstić information content (AvgIpc) is 2.56. The van der Waals surface area contributed by atoms with E-state index < -0.39 is 11.7 Å². The van der Waals surface area contributed by atoms with Crippen molar-refractivity contribution in [3.8, 4) is 0 Å². The highest BCUT2D eigenvalue weighted by atomic mass is 79.9. The van der Waals surface area contributed by atoms with Crippen molar-refractivity contribution in [3.63, 3.8) is 0 Å². The van der Waals surface area contributed by atoms with Gasteiger partial charge in [0.05, 0.1) is 5.56 Å². The van der Waals surface area contributed by atoms with Crippen LogP contribution in [0.1, 0.15) is 24.8 Å². The number of hydrogen-bond donors (Lipinski definition) is 1. The number of alkyl halides is 3. The predicted octanol–water partition coefficient (Wildman–Crippen LogP) is 4.36. The highest BCUT2D eigenvalue weighted by Gasteiger charge is 2.31. The van der Waals surface area contributed by atoms with E-state index in [0.717, 1.165) is 38.4 Å². The molecule has 2 rings (SSSR count). The van der Waals surface area contributed by atoms with Gasteiger partial charge in [0.25, 0.3) is 0 Å². The Bertz CT molecular complexity index is 462. The van der Waals surface area contributed by atoms with Crippen molar-refractivity contribution in [2.75, 3.05) is 25.5 Å². The predicted molar refractivity (Wildman–Crippen MR) is 77.9 cm³/mol. The van der Waals surface area contributed by atoms with E-state index >= 15 is 0 Å². The first kappa shape index (κ1) is 15.6. The number of nitrogens with one attached hydrogen (secondary N) is 1. The molecule has 0 aliphatic carbocycles. The van der Waals surface area contributed by atoms with Gasteiger partial charge in [0.1, 0.15) is 0 Å². The van der Waals surface area contributed by atoms with E-state index in [2.05, 4.69) is 33.2 Å². The lowest BCUT2D eigenvalue weighted by Crippen LogP contribution is -2.23. The van der Waals surface area contributed by atoms with Crippen LogP contribution in [-0.4, -0.2) is 31.1 Å². The molecule has 6 heteroatoms. The molecule has 1 heterocycles. The SMILES string of the molecule is CN1CCCC(Nc2cc(C(F)(F)F)ccc2Br)CC1. The van der Waals surface area contributed by atoms with E-state index in [1.807, 2.05) is 0 Å². The summed E-state index contributed by atoms with van der Waals surface area (Å²) in [5.74, 6) is 0. The molecule has 0 spiro atoms. The summed E-state index contributed by atoms with van der Waals surface area (Å²) < 4.78 is 38.9. The number of halogens is 4. The molecule has 1 aliphatic rings. The number of anilines is 1. The van der Waals surface area contributed by atoms with E-state index in [0.29, 0.717) is 10.2 Å². The van der Waals surface area contributed by atoms with Gasteiger partial charge in [-0.05, 0) is 73.5 Å². The first-order chi connectivity index (χ1) is 9.36. The van der Waals surface area contributed by atoms with Crippen molar-refractivity contribution in [2.24, 2.45) is 0 Å². The minimum absolute atomic E-state index is 0.222. The van der Waals surface area contributed by atoms with Crippen molar-refractivity contribution in [1.82, 2.24) is 4.90 Å². The van der Waals surface area contributed by atoms with Crippen molar-refractivity contribution in [2.45, 2.75) is 31.5 Å². The molecule has 1 atom stereocenters. The maximum Gasteiger partial charge on any atom is 0.416 e. The second-order valence-electron chi connectivity index (χ2n) is 5.27. The van der Waals surface area contributed by atoms with Crippen LogP contribution in [0.5, 0.6) is 0 Å². The first-order valence-corrected chi connectivity index (χ1v) is 7.47. The Balaban J connectivity index is 2.12. The van der Waals surface area contributed by atoms with Crippen molar-refractivity contribution < 1.29 is 13.2 Å². The molecule has 1 fully saturated rings. The maximum absolute atomic E-state index is 12.7. The van der Waals surface area contributed by atoms with Gasteiger partial charge in [0, 0.05) is 16.2 Å². The molecule has 1 aromatic rings. The normalized spacial score (nSPS) is 21.6. The van der Waals surface area contributed by atoms with Crippen LogP contribution in [0.3, 0.4) is 0 Å². The molecular weight excluding hydrogens is 333 g/mol. The molecule has 0 bridgehead atoms. The zero-order chi connectivity index (χ0) is 14.8. The fourth-order valence-electron chi connectivity index (χ4n) is 2.42. The standard InChI is InChI=1S/C14H18BrF3N2/c1-20-7-2-3-11(6-8-20)19-13-9-10(14(16,17)18)4-5-12(13)15/h4-5,9,11,19H,2-3,6-8H2,1H3. The molecule has 1 aliphatic heterocycles. The van der Waals surface area contributed by atoms with Gasteiger partial charge in [-0.1, -0.05) is 0 Å². The maximum atomic E-state index is 12.7. The Morgan fingerprint density at radius 3 is 2.70 bits per heavy atom. The average molecular weight is 351 g/mol. The van der Waals surface area contributed by atoms with Crippen molar-refractivity contribution in [1.29, 1.82) is 0 Å². The molecule has 1 N–H and O–H groups in total. The highest BCUT2D eigenvalue weighted by Crippen LogP contribution is 2.34. The minimum atomic E-state index is -4.30.